The van der Waals surface area contributed by atoms with Crippen molar-refractivity contribution in [2.75, 3.05) is 4.90 Å². The number of nitrogens with zero attached hydrogens (tertiary/aromatic N) is 1. The third-order valence-corrected chi connectivity index (χ3v) is 12.7. The van der Waals surface area contributed by atoms with Crippen molar-refractivity contribution >= 4 is 49.8 Å². The summed E-state index contributed by atoms with van der Waals surface area (Å²) in [6, 6.07) is 85.8. The van der Waals surface area contributed by atoms with E-state index in [0.717, 1.165) is 55.3 Å². The van der Waals surface area contributed by atoms with Crippen molar-refractivity contribution in [3.8, 4) is 33.4 Å². The molecule has 0 N–H and O–H groups in total. The monoisotopic (exact) mass is 777 g/mol. The molecule has 10 aromatic carbocycles. The first-order valence-electron chi connectivity index (χ1n) is 21.0. The first kappa shape index (κ1) is 35.0. The molecule has 61 heavy (non-hydrogen) atoms. The van der Waals surface area contributed by atoms with E-state index in [4.69, 9.17) is 4.42 Å². The summed E-state index contributed by atoms with van der Waals surface area (Å²) < 4.78 is 7.02. The van der Waals surface area contributed by atoms with Gasteiger partial charge in [-0.15, -0.1) is 0 Å². The highest BCUT2D eigenvalue weighted by molar-refractivity contribution is 6.23. The predicted octanol–water partition coefficient (Wildman–Crippen LogP) is 15.9. The number of rotatable bonds is 7. The first-order chi connectivity index (χ1) is 30.3. The summed E-state index contributed by atoms with van der Waals surface area (Å²) in [6.45, 7) is 0. The predicted molar refractivity (Wildman–Crippen MR) is 254 cm³/mol. The van der Waals surface area contributed by atoms with E-state index < -0.39 is 5.41 Å². The Bertz CT molecular complexity index is 3350. The van der Waals surface area contributed by atoms with E-state index >= 15 is 0 Å². The Morgan fingerprint density at radius 2 is 0.869 bits per heavy atom. The lowest BCUT2D eigenvalue weighted by Gasteiger charge is -2.35. The number of furan rings is 1. The summed E-state index contributed by atoms with van der Waals surface area (Å²) >= 11 is 0. The molecule has 0 spiro atoms. The maximum Gasteiger partial charge on any atom is 0.143 e. The molecule has 0 saturated heterocycles. The van der Waals surface area contributed by atoms with Gasteiger partial charge in [-0.1, -0.05) is 200 Å². The molecule has 286 valence electrons. The Morgan fingerprint density at radius 1 is 0.361 bits per heavy atom. The third kappa shape index (κ3) is 5.36. The van der Waals surface area contributed by atoms with Gasteiger partial charge in [-0.2, -0.15) is 0 Å². The molecule has 2 nitrogen and oxygen atoms in total. The van der Waals surface area contributed by atoms with Crippen LogP contribution < -0.4 is 4.90 Å². The van der Waals surface area contributed by atoms with E-state index in [9.17, 15) is 0 Å². The second-order valence-corrected chi connectivity index (χ2v) is 15.9. The molecule has 2 heteroatoms. The van der Waals surface area contributed by atoms with Gasteiger partial charge in [0.1, 0.15) is 11.2 Å². The van der Waals surface area contributed by atoms with Crippen LogP contribution in [-0.2, 0) is 5.41 Å². The minimum absolute atomic E-state index is 0.555. The summed E-state index contributed by atoms with van der Waals surface area (Å²) in [5, 5.41) is 4.39. The van der Waals surface area contributed by atoms with Crippen molar-refractivity contribution in [2.24, 2.45) is 0 Å². The standard InChI is InChI=1S/C59H39NO/c1-5-19-40(20-6-1)41-35-37-45(38-36-41)60(44-25-11-4-12-26-44)54-39-52-56-48(30-18-34-55(56)61-58(52)51-29-14-13-28-47(51)54)50-32-17-31-49-46-27-15-16-33-53(46)59(57(49)50,42-21-7-2-8-22-42)43-23-9-3-10-24-43/h1-39H. The summed E-state index contributed by atoms with van der Waals surface area (Å²) in [5.41, 5.74) is 16.8. The van der Waals surface area contributed by atoms with Crippen LogP contribution in [0.1, 0.15) is 22.3 Å². The number of hydrogen-bond donors (Lipinski definition) is 0. The molecule has 1 aliphatic rings. The van der Waals surface area contributed by atoms with E-state index in [2.05, 4.69) is 241 Å². The smallest absolute Gasteiger partial charge is 0.143 e. The van der Waals surface area contributed by atoms with Crippen LogP contribution in [0.3, 0.4) is 0 Å². The zero-order valence-corrected chi connectivity index (χ0v) is 33.4. The van der Waals surface area contributed by atoms with Crippen LogP contribution in [0.25, 0.3) is 66.1 Å². The molecular formula is C59H39NO. The molecule has 0 fully saturated rings. The molecule has 12 rings (SSSR count). The average Bonchev–Trinajstić information content (AvgIpc) is 3.88. The maximum absolute atomic E-state index is 7.02. The molecule has 1 heterocycles. The van der Waals surface area contributed by atoms with Crippen LogP contribution in [0.5, 0.6) is 0 Å². The van der Waals surface area contributed by atoms with Gasteiger partial charge < -0.3 is 9.32 Å². The second kappa shape index (κ2) is 14.1. The van der Waals surface area contributed by atoms with Crippen LogP contribution in [0.15, 0.2) is 241 Å². The molecule has 0 unspecified atom stereocenters. The van der Waals surface area contributed by atoms with Crippen LogP contribution in [0.4, 0.5) is 17.1 Å². The fourth-order valence-corrected chi connectivity index (χ4v) is 10.2. The highest BCUT2D eigenvalue weighted by Crippen LogP contribution is 2.59. The molecule has 1 aliphatic carbocycles. The fourth-order valence-electron chi connectivity index (χ4n) is 10.2. The van der Waals surface area contributed by atoms with Gasteiger partial charge in [0, 0.05) is 32.9 Å². The third-order valence-electron chi connectivity index (χ3n) is 12.7. The normalized spacial score (nSPS) is 12.7. The van der Waals surface area contributed by atoms with Crippen molar-refractivity contribution in [1.82, 2.24) is 0 Å². The molecular weight excluding hydrogens is 739 g/mol. The Balaban J connectivity index is 1.15. The maximum atomic E-state index is 7.02. The quantitative estimate of drug-likeness (QED) is 0.160. The SMILES string of the molecule is c1ccc(-c2ccc(N(c3ccccc3)c3cc4c(oc5cccc(-c6cccc7c6C(c6ccccc6)(c6ccccc6)c6ccccc6-7)c54)c4ccccc34)cc2)cc1. The highest BCUT2D eigenvalue weighted by atomic mass is 16.3. The van der Waals surface area contributed by atoms with E-state index in [-0.39, 0.29) is 0 Å². The molecule has 1 aromatic heterocycles. The van der Waals surface area contributed by atoms with Crippen molar-refractivity contribution < 1.29 is 4.42 Å². The van der Waals surface area contributed by atoms with Gasteiger partial charge in [0.2, 0.25) is 0 Å². The van der Waals surface area contributed by atoms with Gasteiger partial charge in [0.25, 0.3) is 0 Å². The van der Waals surface area contributed by atoms with E-state index in [1.807, 2.05) is 0 Å². The molecule has 0 bridgehead atoms. The van der Waals surface area contributed by atoms with E-state index in [1.54, 1.807) is 0 Å². The van der Waals surface area contributed by atoms with Crippen LogP contribution in [-0.4, -0.2) is 0 Å². The van der Waals surface area contributed by atoms with Crippen molar-refractivity contribution in [3.05, 3.63) is 259 Å². The number of fused-ring (bicyclic) bond motifs is 8. The van der Waals surface area contributed by atoms with Gasteiger partial charge >= 0.3 is 0 Å². The zero-order chi connectivity index (χ0) is 40.3. The van der Waals surface area contributed by atoms with Gasteiger partial charge in [0.15, 0.2) is 0 Å². The molecule has 0 aliphatic heterocycles. The van der Waals surface area contributed by atoms with Crippen LogP contribution >= 0.6 is 0 Å². The van der Waals surface area contributed by atoms with Crippen molar-refractivity contribution in [1.29, 1.82) is 0 Å². The lowest BCUT2D eigenvalue weighted by Crippen LogP contribution is -2.29. The number of para-hydroxylation sites is 1. The van der Waals surface area contributed by atoms with Crippen LogP contribution in [0, 0.1) is 0 Å². The minimum atomic E-state index is -0.555. The van der Waals surface area contributed by atoms with Gasteiger partial charge in [-0.05, 0) is 92.0 Å². The summed E-state index contributed by atoms with van der Waals surface area (Å²) in [5.74, 6) is 0. The fraction of sp³-hybridized carbons (Fsp3) is 0.0169. The topological polar surface area (TPSA) is 16.4 Å². The number of anilines is 3. The van der Waals surface area contributed by atoms with Gasteiger partial charge in [0.05, 0.1) is 11.1 Å². The molecule has 0 atom stereocenters. The molecule has 0 saturated carbocycles. The van der Waals surface area contributed by atoms with Crippen molar-refractivity contribution in [3.63, 3.8) is 0 Å². The highest BCUT2D eigenvalue weighted by Gasteiger charge is 2.47. The lowest BCUT2D eigenvalue weighted by molar-refractivity contribution is 0.673. The summed E-state index contributed by atoms with van der Waals surface area (Å²) in [6.07, 6.45) is 0. The Kier molecular flexibility index (Phi) is 8.11. The van der Waals surface area contributed by atoms with Crippen molar-refractivity contribution in [2.45, 2.75) is 5.41 Å². The number of benzene rings is 10. The number of hydrogen-bond acceptors (Lipinski definition) is 2. The second-order valence-electron chi connectivity index (χ2n) is 15.9. The van der Waals surface area contributed by atoms with Gasteiger partial charge in [-0.25, -0.2) is 0 Å². The Morgan fingerprint density at radius 3 is 1.57 bits per heavy atom. The first-order valence-corrected chi connectivity index (χ1v) is 21.0. The van der Waals surface area contributed by atoms with Crippen LogP contribution in [0.2, 0.25) is 0 Å². The molecule has 11 aromatic rings. The molecule has 0 radical (unpaired) electrons. The van der Waals surface area contributed by atoms with E-state index in [1.165, 1.54) is 50.1 Å². The minimum Gasteiger partial charge on any atom is -0.455 e. The Labute approximate surface area is 355 Å². The Hall–Kier alpha value is -7.94. The molecule has 0 amide bonds. The largest absolute Gasteiger partial charge is 0.455 e. The lowest BCUT2D eigenvalue weighted by atomic mass is 9.66. The summed E-state index contributed by atoms with van der Waals surface area (Å²) in [4.78, 5) is 2.39. The van der Waals surface area contributed by atoms with E-state index in [0.29, 0.717) is 0 Å². The summed E-state index contributed by atoms with van der Waals surface area (Å²) in [7, 11) is 0. The van der Waals surface area contributed by atoms with Gasteiger partial charge in [-0.3, -0.25) is 0 Å². The average molecular weight is 778 g/mol. The zero-order valence-electron chi connectivity index (χ0n) is 33.4.